The zero-order chi connectivity index (χ0) is 17.0. The largest absolute Gasteiger partial charge is 0.452 e. The summed E-state index contributed by atoms with van der Waals surface area (Å²) in [6.45, 7) is 5.01. The van der Waals surface area contributed by atoms with Gasteiger partial charge in [-0.2, -0.15) is 0 Å². The van der Waals surface area contributed by atoms with Crippen molar-refractivity contribution in [3.05, 3.63) is 64.5 Å². The van der Waals surface area contributed by atoms with E-state index in [1.54, 1.807) is 13.0 Å². The molecule has 4 nitrogen and oxygen atoms in total. The van der Waals surface area contributed by atoms with Crippen LogP contribution in [0, 0.1) is 26.6 Å². The van der Waals surface area contributed by atoms with Crippen molar-refractivity contribution in [3.8, 4) is 0 Å². The van der Waals surface area contributed by atoms with Gasteiger partial charge >= 0.3 is 5.97 Å². The molecule has 2 rings (SSSR count). The molecule has 1 amide bonds. The van der Waals surface area contributed by atoms with E-state index in [2.05, 4.69) is 5.32 Å². The first-order valence-electron chi connectivity index (χ1n) is 7.18. The number of benzene rings is 2. The van der Waals surface area contributed by atoms with Crippen molar-refractivity contribution in [2.24, 2.45) is 0 Å². The summed E-state index contributed by atoms with van der Waals surface area (Å²) in [5.41, 5.74) is 3.19. The Morgan fingerprint density at radius 2 is 1.83 bits per heavy atom. The van der Waals surface area contributed by atoms with E-state index in [0.717, 1.165) is 17.2 Å². The summed E-state index contributed by atoms with van der Waals surface area (Å²) in [6, 6.07) is 9.60. The minimum atomic E-state index is -0.736. The second-order valence-electron chi connectivity index (χ2n) is 5.34. The van der Waals surface area contributed by atoms with Gasteiger partial charge in [0.15, 0.2) is 6.61 Å². The van der Waals surface area contributed by atoms with Crippen LogP contribution in [0.2, 0.25) is 0 Å². The highest BCUT2D eigenvalue weighted by molar-refractivity contribution is 5.96. The van der Waals surface area contributed by atoms with Gasteiger partial charge in [0.25, 0.3) is 5.91 Å². The maximum absolute atomic E-state index is 13.4. The summed E-state index contributed by atoms with van der Waals surface area (Å²) >= 11 is 0. The standard InChI is InChI=1S/C18H18FNO3/c1-11-5-4-6-16(13(11)3)20-17(21)10-23-18(22)14-8-7-12(2)15(19)9-14/h4-9H,10H2,1-3H3,(H,20,21). The first kappa shape index (κ1) is 16.7. The number of anilines is 1. The Morgan fingerprint density at radius 3 is 2.52 bits per heavy atom. The molecular weight excluding hydrogens is 297 g/mol. The predicted molar refractivity (Wildman–Crippen MR) is 86.0 cm³/mol. The van der Waals surface area contributed by atoms with Gasteiger partial charge in [0.2, 0.25) is 0 Å². The second kappa shape index (κ2) is 7.05. The molecule has 120 valence electrons. The van der Waals surface area contributed by atoms with Crippen LogP contribution in [0.4, 0.5) is 10.1 Å². The van der Waals surface area contributed by atoms with Crippen molar-refractivity contribution < 1.29 is 18.7 Å². The van der Waals surface area contributed by atoms with Gasteiger partial charge in [0.05, 0.1) is 5.56 Å². The molecule has 1 N–H and O–H groups in total. The first-order chi connectivity index (χ1) is 10.9. The number of aryl methyl sites for hydroxylation is 2. The zero-order valence-electron chi connectivity index (χ0n) is 13.3. The maximum atomic E-state index is 13.4. The molecule has 0 aliphatic carbocycles. The van der Waals surface area contributed by atoms with E-state index in [1.807, 2.05) is 26.0 Å². The van der Waals surface area contributed by atoms with Gasteiger partial charge in [-0.3, -0.25) is 4.79 Å². The molecule has 0 spiro atoms. The Hall–Kier alpha value is -2.69. The number of carbonyl (C=O) groups is 2. The molecule has 0 fully saturated rings. The number of amides is 1. The Morgan fingerprint density at radius 1 is 1.09 bits per heavy atom. The number of rotatable bonds is 4. The molecular formula is C18H18FNO3. The molecule has 2 aromatic rings. The minimum Gasteiger partial charge on any atom is -0.452 e. The Balaban J connectivity index is 1.94. The van der Waals surface area contributed by atoms with Gasteiger partial charge in [-0.15, -0.1) is 0 Å². The average Bonchev–Trinajstić information content (AvgIpc) is 2.52. The highest BCUT2D eigenvalue weighted by Crippen LogP contribution is 2.17. The molecule has 0 heterocycles. The summed E-state index contributed by atoms with van der Waals surface area (Å²) in [5.74, 6) is -1.67. The SMILES string of the molecule is Cc1ccc(C(=O)OCC(=O)Nc2cccc(C)c2C)cc1F. The Bertz CT molecular complexity index is 756. The fourth-order valence-corrected chi connectivity index (χ4v) is 2.01. The lowest BCUT2D eigenvalue weighted by atomic mass is 10.1. The minimum absolute atomic E-state index is 0.0765. The van der Waals surface area contributed by atoms with Gasteiger partial charge in [0, 0.05) is 5.69 Å². The van der Waals surface area contributed by atoms with Crippen LogP contribution in [0.15, 0.2) is 36.4 Å². The van der Waals surface area contributed by atoms with Crippen molar-refractivity contribution in [1.82, 2.24) is 0 Å². The fraction of sp³-hybridized carbons (Fsp3) is 0.222. The highest BCUT2D eigenvalue weighted by atomic mass is 19.1. The normalized spacial score (nSPS) is 10.3. The number of esters is 1. The molecule has 0 bridgehead atoms. The first-order valence-corrected chi connectivity index (χ1v) is 7.18. The number of carbonyl (C=O) groups excluding carboxylic acids is 2. The van der Waals surface area contributed by atoms with Crippen LogP contribution in [0.5, 0.6) is 0 Å². The number of hydrogen-bond donors (Lipinski definition) is 1. The summed E-state index contributed by atoms with van der Waals surface area (Å²) in [7, 11) is 0. The van der Waals surface area contributed by atoms with Crippen LogP contribution in [0.3, 0.4) is 0 Å². The smallest absolute Gasteiger partial charge is 0.338 e. The molecule has 0 saturated heterocycles. The number of ether oxygens (including phenoxy) is 1. The van der Waals surface area contributed by atoms with Crippen LogP contribution in [-0.4, -0.2) is 18.5 Å². The third-order valence-corrected chi connectivity index (χ3v) is 3.62. The van der Waals surface area contributed by atoms with Crippen LogP contribution >= 0.6 is 0 Å². The molecule has 2 aromatic carbocycles. The molecule has 0 aliphatic heterocycles. The quantitative estimate of drug-likeness (QED) is 0.878. The van der Waals surface area contributed by atoms with E-state index >= 15 is 0 Å². The van der Waals surface area contributed by atoms with E-state index < -0.39 is 24.3 Å². The molecule has 0 radical (unpaired) electrons. The molecule has 23 heavy (non-hydrogen) atoms. The van der Waals surface area contributed by atoms with E-state index in [0.29, 0.717) is 11.3 Å². The summed E-state index contributed by atoms with van der Waals surface area (Å²) < 4.78 is 18.3. The molecule has 0 saturated carbocycles. The maximum Gasteiger partial charge on any atom is 0.338 e. The Kier molecular flexibility index (Phi) is 5.11. The molecule has 0 atom stereocenters. The van der Waals surface area contributed by atoms with E-state index in [1.165, 1.54) is 12.1 Å². The third kappa shape index (κ3) is 4.16. The Labute approximate surface area is 134 Å². The van der Waals surface area contributed by atoms with Crippen molar-refractivity contribution in [3.63, 3.8) is 0 Å². The average molecular weight is 315 g/mol. The fourth-order valence-electron chi connectivity index (χ4n) is 2.01. The zero-order valence-corrected chi connectivity index (χ0v) is 13.3. The van der Waals surface area contributed by atoms with Crippen molar-refractivity contribution >= 4 is 17.6 Å². The van der Waals surface area contributed by atoms with Crippen molar-refractivity contribution in [2.45, 2.75) is 20.8 Å². The topological polar surface area (TPSA) is 55.4 Å². The molecule has 5 heteroatoms. The van der Waals surface area contributed by atoms with E-state index in [-0.39, 0.29) is 5.56 Å². The van der Waals surface area contributed by atoms with E-state index in [9.17, 15) is 14.0 Å². The van der Waals surface area contributed by atoms with Crippen molar-refractivity contribution in [1.29, 1.82) is 0 Å². The van der Waals surface area contributed by atoms with Crippen molar-refractivity contribution in [2.75, 3.05) is 11.9 Å². The molecule has 0 aliphatic rings. The lowest BCUT2D eigenvalue weighted by Crippen LogP contribution is -2.21. The third-order valence-electron chi connectivity index (χ3n) is 3.62. The van der Waals surface area contributed by atoms with Gasteiger partial charge < -0.3 is 10.1 Å². The molecule has 0 unspecified atom stereocenters. The van der Waals surface area contributed by atoms with Crippen LogP contribution < -0.4 is 5.32 Å². The van der Waals surface area contributed by atoms with Crippen LogP contribution in [0.1, 0.15) is 27.0 Å². The van der Waals surface area contributed by atoms with Crippen LogP contribution in [0.25, 0.3) is 0 Å². The number of halogens is 1. The summed E-state index contributed by atoms with van der Waals surface area (Å²) in [6.07, 6.45) is 0. The predicted octanol–water partition coefficient (Wildman–Crippen LogP) is 3.55. The second-order valence-corrected chi connectivity index (χ2v) is 5.34. The number of nitrogens with one attached hydrogen (secondary N) is 1. The number of hydrogen-bond acceptors (Lipinski definition) is 3. The summed E-state index contributed by atoms with van der Waals surface area (Å²) in [4.78, 5) is 23.7. The lowest BCUT2D eigenvalue weighted by Gasteiger charge is -2.10. The van der Waals surface area contributed by atoms with E-state index in [4.69, 9.17) is 4.74 Å². The van der Waals surface area contributed by atoms with Gasteiger partial charge in [-0.25, -0.2) is 9.18 Å². The highest BCUT2D eigenvalue weighted by Gasteiger charge is 2.12. The van der Waals surface area contributed by atoms with Gasteiger partial charge in [0.1, 0.15) is 5.82 Å². The van der Waals surface area contributed by atoms with Gasteiger partial charge in [-0.1, -0.05) is 18.2 Å². The van der Waals surface area contributed by atoms with Crippen LogP contribution in [-0.2, 0) is 9.53 Å². The van der Waals surface area contributed by atoms with Gasteiger partial charge in [-0.05, 0) is 55.7 Å². The summed E-state index contributed by atoms with van der Waals surface area (Å²) in [5, 5.41) is 2.69. The monoisotopic (exact) mass is 315 g/mol. The lowest BCUT2D eigenvalue weighted by molar-refractivity contribution is -0.119. The molecule has 0 aromatic heterocycles.